The van der Waals surface area contributed by atoms with E-state index >= 15 is 0 Å². The number of halogens is 1. The van der Waals surface area contributed by atoms with Gasteiger partial charge in [-0.1, -0.05) is 24.3 Å². The van der Waals surface area contributed by atoms with Crippen molar-refractivity contribution in [2.45, 2.75) is 11.8 Å². The SMILES string of the molecule is CCS(=O)(=O)c1cccc(C(=O)N(CCN(C)C)c2nc3ccc([N+](=O)[O-])cc3s2)c1.Cl. The van der Waals surface area contributed by atoms with E-state index in [1.165, 1.54) is 40.5 Å². The number of carbonyl (C=O) groups is 1. The Morgan fingerprint density at radius 2 is 1.88 bits per heavy atom. The van der Waals surface area contributed by atoms with Gasteiger partial charge >= 0.3 is 0 Å². The van der Waals surface area contributed by atoms with Gasteiger partial charge in [-0.05, 0) is 38.4 Å². The molecule has 12 heteroatoms. The van der Waals surface area contributed by atoms with E-state index in [9.17, 15) is 23.3 Å². The predicted octanol–water partition coefficient (Wildman–Crippen LogP) is 3.63. The summed E-state index contributed by atoms with van der Waals surface area (Å²) in [6.07, 6.45) is 0. The van der Waals surface area contributed by atoms with E-state index in [2.05, 4.69) is 4.98 Å². The number of benzene rings is 2. The first kappa shape index (κ1) is 25.7. The maximum Gasteiger partial charge on any atom is 0.270 e. The number of sulfone groups is 1. The summed E-state index contributed by atoms with van der Waals surface area (Å²) in [4.78, 5) is 31.9. The summed E-state index contributed by atoms with van der Waals surface area (Å²) >= 11 is 1.18. The Morgan fingerprint density at radius 1 is 1.16 bits per heavy atom. The molecule has 9 nitrogen and oxygen atoms in total. The van der Waals surface area contributed by atoms with Crippen LogP contribution in [0.4, 0.5) is 10.8 Å². The molecule has 32 heavy (non-hydrogen) atoms. The number of nitro benzene ring substituents is 1. The lowest BCUT2D eigenvalue weighted by atomic mass is 10.2. The Balaban J connectivity index is 0.00000363. The first-order valence-electron chi connectivity index (χ1n) is 9.47. The van der Waals surface area contributed by atoms with Crippen LogP contribution in [-0.2, 0) is 9.84 Å². The van der Waals surface area contributed by atoms with Crippen molar-refractivity contribution < 1.29 is 18.1 Å². The van der Waals surface area contributed by atoms with Gasteiger partial charge in [-0.3, -0.25) is 19.8 Å². The lowest BCUT2D eigenvalue weighted by molar-refractivity contribution is -0.384. The Bertz CT molecular complexity index is 1240. The Kier molecular flexibility index (Phi) is 8.29. The first-order chi connectivity index (χ1) is 14.6. The van der Waals surface area contributed by atoms with Crippen LogP contribution in [-0.4, -0.2) is 62.1 Å². The number of thiazole rings is 1. The summed E-state index contributed by atoms with van der Waals surface area (Å²) in [5, 5.41) is 11.5. The van der Waals surface area contributed by atoms with E-state index < -0.39 is 14.8 Å². The van der Waals surface area contributed by atoms with Gasteiger partial charge < -0.3 is 4.90 Å². The molecule has 0 radical (unpaired) electrons. The lowest BCUT2D eigenvalue weighted by Crippen LogP contribution is -2.36. The maximum atomic E-state index is 13.3. The molecule has 0 saturated carbocycles. The van der Waals surface area contributed by atoms with Crippen molar-refractivity contribution >= 4 is 60.5 Å². The third kappa shape index (κ3) is 5.60. The molecule has 1 heterocycles. The molecule has 0 spiro atoms. The molecule has 0 aliphatic heterocycles. The molecule has 1 aromatic heterocycles. The van der Waals surface area contributed by atoms with E-state index in [1.807, 2.05) is 19.0 Å². The monoisotopic (exact) mass is 498 g/mol. The van der Waals surface area contributed by atoms with Crippen molar-refractivity contribution in [2.24, 2.45) is 0 Å². The van der Waals surface area contributed by atoms with Gasteiger partial charge in [0.2, 0.25) is 0 Å². The van der Waals surface area contributed by atoms with E-state index in [4.69, 9.17) is 0 Å². The molecule has 0 aliphatic carbocycles. The van der Waals surface area contributed by atoms with Gasteiger partial charge in [0.25, 0.3) is 11.6 Å². The number of hydrogen-bond acceptors (Lipinski definition) is 8. The zero-order chi connectivity index (χ0) is 22.8. The summed E-state index contributed by atoms with van der Waals surface area (Å²) in [5.41, 5.74) is 0.737. The second kappa shape index (κ2) is 10.3. The second-order valence-corrected chi connectivity index (χ2v) is 10.4. The van der Waals surface area contributed by atoms with E-state index in [0.717, 1.165) is 0 Å². The van der Waals surface area contributed by atoms with Crippen LogP contribution in [0.5, 0.6) is 0 Å². The first-order valence-corrected chi connectivity index (χ1v) is 11.9. The van der Waals surface area contributed by atoms with Gasteiger partial charge in [0.05, 0.1) is 25.8 Å². The van der Waals surface area contributed by atoms with E-state index in [1.54, 1.807) is 25.1 Å². The van der Waals surface area contributed by atoms with E-state index in [-0.39, 0.29) is 40.2 Å². The predicted molar refractivity (Wildman–Crippen MR) is 128 cm³/mol. The van der Waals surface area contributed by atoms with Crippen LogP contribution in [0, 0.1) is 10.1 Å². The highest BCUT2D eigenvalue weighted by molar-refractivity contribution is 7.91. The van der Waals surface area contributed by atoms with Crippen LogP contribution in [0.3, 0.4) is 0 Å². The summed E-state index contributed by atoms with van der Waals surface area (Å²) in [5.74, 6) is -0.449. The average Bonchev–Trinajstić information content (AvgIpc) is 3.16. The van der Waals surface area contributed by atoms with Gasteiger partial charge in [-0.25, -0.2) is 13.4 Å². The fourth-order valence-electron chi connectivity index (χ4n) is 2.86. The largest absolute Gasteiger partial charge is 0.308 e. The van der Waals surface area contributed by atoms with Crippen molar-refractivity contribution in [3.8, 4) is 0 Å². The van der Waals surface area contributed by atoms with Gasteiger partial charge in [-0.2, -0.15) is 0 Å². The van der Waals surface area contributed by atoms with Crippen LogP contribution >= 0.6 is 23.7 Å². The van der Waals surface area contributed by atoms with Crippen molar-refractivity contribution in [3.05, 3.63) is 58.1 Å². The summed E-state index contributed by atoms with van der Waals surface area (Å²) < 4.78 is 25.1. The smallest absolute Gasteiger partial charge is 0.270 e. The fourth-order valence-corrected chi connectivity index (χ4v) is 4.81. The average molecular weight is 499 g/mol. The number of likely N-dealkylation sites (N-methyl/N-ethyl adjacent to an activating group) is 1. The fraction of sp³-hybridized carbons (Fsp3) is 0.300. The standard InChI is InChI=1S/C20H22N4O5S2.ClH/c1-4-31(28,29)16-7-5-6-14(12-16)19(25)23(11-10-22(2)3)20-21-17-9-8-15(24(26)27)13-18(17)30-20;/h5-9,12-13H,4,10-11H2,1-3H3;1H. The number of aromatic nitrogens is 1. The number of fused-ring (bicyclic) bond motifs is 1. The maximum absolute atomic E-state index is 13.3. The molecule has 2 aromatic carbocycles. The molecular weight excluding hydrogens is 476 g/mol. The van der Waals surface area contributed by atoms with Crippen LogP contribution in [0.25, 0.3) is 10.2 Å². The molecule has 1 amide bonds. The van der Waals surface area contributed by atoms with Crippen molar-refractivity contribution in [3.63, 3.8) is 0 Å². The Morgan fingerprint density at radius 3 is 2.50 bits per heavy atom. The minimum Gasteiger partial charge on any atom is -0.308 e. The van der Waals surface area contributed by atoms with Crippen LogP contribution < -0.4 is 4.90 Å². The topological polar surface area (TPSA) is 114 Å². The minimum atomic E-state index is -3.46. The van der Waals surface area contributed by atoms with Gasteiger partial charge in [0.15, 0.2) is 15.0 Å². The second-order valence-electron chi connectivity index (χ2n) is 7.10. The zero-order valence-corrected chi connectivity index (χ0v) is 20.2. The summed E-state index contributed by atoms with van der Waals surface area (Å²) in [6.45, 7) is 2.42. The molecule has 0 N–H and O–H groups in total. The number of non-ortho nitro benzene ring substituents is 1. The highest BCUT2D eigenvalue weighted by Crippen LogP contribution is 2.32. The Hall–Kier alpha value is -2.60. The third-order valence-corrected chi connectivity index (χ3v) is 7.41. The number of anilines is 1. The molecule has 0 aliphatic rings. The number of carbonyl (C=O) groups excluding carboxylic acids is 1. The van der Waals surface area contributed by atoms with Crippen LogP contribution in [0.2, 0.25) is 0 Å². The number of amides is 1. The Labute approximate surface area is 196 Å². The number of nitrogens with zero attached hydrogens (tertiary/aromatic N) is 4. The van der Waals surface area contributed by atoms with Gasteiger partial charge in [0, 0.05) is 30.8 Å². The normalized spacial score (nSPS) is 11.4. The highest BCUT2D eigenvalue weighted by atomic mass is 35.5. The zero-order valence-electron chi connectivity index (χ0n) is 17.7. The summed E-state index contributed by atoms with van der Waals surface area (Å²) in [6, 6.07) is 10.3. The molecule has 172 valence electrons. The number of nitro groups is 1. The molecule has 0 fully saturated rings. The van der Waals surface area contributed by atoms with Gasteiger partial charge in [-0.15, -0.1) is 12.4 Å². The summed E-state index contributed by atoms with van der Waals surface area (Å²) in [7, 11) is 0.288. The molecule has 0 bridgehead atoms. The molecule has 3 rings (SSSR count). The minimum absolute atomic E-state index is 0. The number of rotatable bonds is 8. The number of hydrogen-bond donors (Lipinski definition) is 0. The van der Waals surface area contributed by atoms with Crippen molar-refractivity contribution in [2.75, 3.05) is 37.8 Å². The third-order valence-electron chi connectivity index (χ3n) is 4.64. The quantitative estimate of drug-likeness (QED) is 0.344. The van der Waals surface area contributed by atoms with Crippen LogP contribution in [0.15, 0.2) is 47.4 Å². The van der Waals surface area contributed by atoms with Crippen LogP contribution in [0.1, 0.15) is 17.3 Å². The van der Waals surface area contributed by atoms with Crippen molar-refractivity contribution in [1.29, 1.82) is 0 Å². The molecule has 0 saturated heterocycles. The highest BCUT2D eigenvalue weighted by Gasteiger charge is 2.23. The molecular formula is C20H23ClN4O5S2. The molecule has 3 aromatic rings. The molecule has 0 unspecified atom stereocenters. The van der Waals surface area contributed by atoms with Gasteiger partial charge in [0.1, 0.15) is 0 Å². The molecule has 0 atom stereocenters. The van der Waals surface area contributed by atoms with E-state index in [0.29, 0.717) is 28.4 Å². The van der Waals surface area contributed by atoms with Crippen molar-refractivity contribution in [1.82, 2.24) is 9.88 Å². The lowest BCUT2D eigenvalue weighted by Gasteiger charge is -2.22.